The molecule has 0 aromatic carbocycles. The summed E-state index contributed by atoms with van der Waals surface area (Å²) in [5.74, 6) is 6.18. The summed E-state index contributed by atoms with van der Waals surface area (Å²) in [6.07, 6.45) is 1.88. The van der Waals surface area contributed by atoms with Gasteiger partial charge in [-0.25, -0.2) is 5.43 Å². The SMILES string of the molecule is CN(CNN)c1ccc[nH]1. The Balaban J connectivity index is 2.50. The van der Waals surface area contributed by atoms with Gasteiger partial charge in [0.2, 0.25) is 0 Å². The summed E-state index contributed by atoms with van der Waals surface area (Å²) < 4.78 is 0. The van der Waals surface area contributed by atoms with E-state index in [0.717, 1.165) is 5.82 Å². The highest BCUT2D eigenvalue weighted by Crippen LogP contribution is 2.04. The van der Waals surface area contributed by atoms with Gasteiger partial charge in [-0.3, -0.25) is 5.84 Å². The largest absolute Gasteiger partial charge is 0.348 e. The van der Waals surface area contributed by atoms with Crippen molar-refractivity contribution in [1.82, 2.24) is 10.4 Å². The second-order valence-electron chi connectivity index (χ2n) is 2.12. The first-order chi connectivity index (χ1) is 4.84. The molecule has 0 aliphatic rings. The molecule has 0 radical (unpaired) electrons. The number of aromatic nitrogens is 1. The van der Waals surface area contributed by atoms with E-state index in [0.29, 0.717) is 6.67 Å². The molecule has 0 saturated carbocycles. The molecule has 1 aromatic heterocycles. The van der Waals surface area contributed by atoms with Gasteiger partial charge >= 0.3 is 0 Å². The Morgan fingerprint density at radius 3 is 3.10 bits per heavy atom. The zero-order chi connectivity index (χ0) is 7.40. The molecule has 0 aliphatic carbocycles. The molecule has 10 heavy (non-hydrogen) atoms. The van der Waals surface area contributed by atoms with Crippen molar-refractivity contribution < 1.29 is 0 Å². The summed E-state index contributed by atoms with van der Waals surface area (Å²) in [4.78, 5) is 5.02. The molecule has 0 fully saturated rings. The molecular weight excluding hydrogens is 128 g/mol. The molecule has 0 aliphatic heterocycles. The van der Waals surface area contributed by atoms with Crippen molar-refractivity contribution in [2.45, 2.75) is 0 Å². The second kappa shape index (κ2) is 3.24. The monoisotopic (exact) mass is 140 g/mol. The zero-order valence-electron chi connectivity index (χ0n) is 5.96. The first-order valence-electron chi connectivity index (χ1n) is 3.12. The predicted molar refractivity (Wildman–Crippen MR) is 41.4 cm³/mol. The fourth-order valence-electron chi connectivity index (χ4n) is 0.780. The molecule has 1 aromatic rings. The van der Waals surface area contributed by atoms with E-state index in [1.807, 2.05) is 30.3 Å². The molecule has 56 valence electrons. The number of nitrogens with zero attached hydrogens (tertiary/aromatic N) is 1. The fourth-order valence-corrected chi connectivity index (χ4v) is 0.780. The van der Waals surface area contributed by atoms with E-state index < -0.39 is 0 Å². The number of anilines is 1. The van der Waals surface area contributed by atoms with Crippen LogP contribution in [0, 0.1) is 0 Å². The minimum atomic E-state index is 0.639. The van der Waals surface area contributed by atoms with Crippen LogP contribution in [0.5, 0.6) is 0 Å². The van der Waals surface area contributed by atoms with Crippen LogP contribution in [-0.4, -0.2) is 18.7 Å². The maximum absolute atomic E-state index is 5.13. The predicted octanol–water partition coefficient (Wildman–Crippen LogP) is -0.128. The van der Waals surface area contributed by atoms with Crippen molar-refractivity contribution in [3.63, 3.8) is 0 Å². The molecule has 1 rings (SSSR count). The van der Waals surface area contributed by atoms with E-state index in [9.17, 15) is 0 Å². The lowest BCUT2D eigenvalue weighted by Gasteiger charge is -2.15. The Morgan fingerprint density at radius 1 is 1.80 bits per heavy atom. The van der Waals surface area contributed by atoms with Crippen LogP contribution in [-0.2, 0) is 0 Å². The van der Waals surface area contributed by atoms with Gasteiger partial charge in [0.05, 0.1) is 6.67 Å². The van der Waals surface area contributed by atoms with Crippen LogP contribution in [0.15, 0.2) is 18.3 Å². The van der Waals surface area contributed by atoms with Crippen LogP contribution in [0.1, 0.15) is 0 Å². The van der Waals surface area contributed by atoms with Crippen LogP contribution < -0.4 is 16.2 Å². The number of hydrogen-bond donors (Lipinski definition) is 3. The Morgan fingerprint density at radius 2 is 2.60 bits per heavy atom. The first-order valence-corrected chi connectivity index (χ1v) is 3.12. The summed E-state index contributed by atoms with van der Waals surface area (Å²) in [5, 5.41) is 0. The Bertz CT molecular complexity index is 170. The molecule has 0 spiro atoms. The lowest BCUT2D eigenvalue weighted by molar-refractivity contribution is 0.713. The van der Waals surface area contributed by atoms with E-state index in [4.69, 9.17) is 5.84 Å². The summed E-state index contributed by atoms with van der Waals surface area (Å²) in [7, 11) is 1.95. The third kappa shape index (κ3) is 1.49. The summed E-state index contributed by atoms with van der Waals surface area (Å²) >= 11 is 0. The zero-order valence-corrected chi connectivity index (χ0v) is 5.96. The highest BCUT2D eigenvalue weighted by atomic mass is 15.3. The van der Waals surface area contributed by atoms with Crippen molar-refractivity contribution >= 4 is 5.82 Å². The lowest BCUT2D eigenvalue weighted by atomic mass is 10.6. The maximum atomic E-state index is 5.13. The summed E-state index contributed by atoms with van der Waals surface area (Å²) in [6, 6.07) is 3.93. The van der Waals surface area contributed by atoms with Crippen molar-refractivity contribution in [1.29, 1.82) is 0 Å². The van der Waals surface area contributed by atoms with Crippen LogP contribution in [0.2, 0.25) is 0 Å². The quantitative estimate of drug-likeness (QED) is 0.311. The van der Waals surface area contributed by atoms with E-state index in [1.165, 1.54) is 0 Å². The number of rotatable bonds is 3. The fraction of sp³-hybridized carbons (Fsp3) is 0.333. The normalized spacial score (nSPS) is 9.80. The number of aromatic amines is 1. The molecule has 0 saturated heterocycles. The highest BCUT2D eigenvalue weighted by Gasteiger charge is 1.96. The number of hydrazine groups is 1. The third-order valence-electron chi connectivity index (χ3n) is 1.32. The standard InChI is InChI=1S/C6H12N4/c1-10(5-9-7)6-3-2-4-8-6/h2-4,8-9H,5,7H2,1H3. The van der Waals surface area contributed by atoms with Crippen molar-refractivity contribution in [3.8, 4) is 0 Å². The van der Waals surface area contributed by atoms with Gasteiger partial charge in [0.1, 0.15) is 5.82 Å². The molecule has 4 nitrogen and oxygen atoms in total. The van der Waals surface area contributed by atoms with Crippen LogP contribution in [0.4, 0.5) is 5.82 Å². The average Bonchev–Trinajstić information content (AvgIpc) is 2.38. The summed E-state index contributed by atoms with van der Waals surface area (Å²) in [6.45, 7) is 0.639. The van der Waals surface area contributed by atoms with Crippen molar-refractivity contribution in [2.24, 2.45) is 5.84 Å². The number of nitrogens with one attached hydrogen (secondary N) is 2. The Labute approximate surface area is 60.0 Å². The van der Waals surface area contributed by atoms with Gasteiger partial charge in [-0.15, -0.1) is 0 Å². The van der Waals surface area contributed by atoms with Gasteiger partial charge in [-0.1, -0.05) is 0 Å². The van der Waals surface area contributed by atoms with E-state index >= 15 is 0 Å². The molecule has 0 bridgehead atoms. The van der Waals surface area contributed by atoms with Crippen molar-refractivity contribution in [3.05, 3.63) is 18.3 Å². The first kappa shape index (κ1) is 7.11. The summed E-state index contributed by atoms with van der Waals surface area (Å²) in [5.41, 5.74) is 2.56. The van der Waals surface area contributed by atoms with Gasteiger partial charge in [0.25, 0.3) is 0 Å². The van der Waals surface area contributed by atoms with Gasteiger partial charge in [-0.2, -0.15) is 0 Å². The molecule has 0 amide bonds. The molecule has 1 heterocycles. The maximum Gasteiger partial charge on any atom is 0.106 e. The topological polar surface area (TPSA) is 57.1 Å². The van der Waals surface area contributed by atoms with Gasteiger partial charge in [-0.05, 0) is 12.1 Å². The Kier molecular flexibility index (Phi) is 2.30. The Hall–Kier alpha value is -1.00. The molecular formula is C6H12N4. The van der Waals surface area contributed by atoms with E-state index in [-0.39, 0.29) is 0 Å². The third-order valence-corrected chi connectivity index (χ3v) is 1.32. The van der Waals surface area contributed by atoms with Crippen LogP contribution >= 0.6 is 0 Å². The molecule has 0 atom stereocenters. The number of hydrogen-bond acceptors (Lipinski definition) is 3. The van der Waals surface area contributed by atoms with E-state index in [2.05, 4.69) is 10.4 Å². The van der Waals surface area contributed by atoms with Crippen LogP contribution in [0.3, 0.4) is 0 Å². The number of nitrogens with two attached hydrogens (primary N) is 1. The highest BCUT2D eigenvalue weighted by molar-refractivity contribution is 5.36. The minimum Gasteiger partial charge on any atom is -0.348 e. The van der Waals surface area contributed by atoms with Crippen LogP contribution in [0.25, 0.3) is 0 Å². The van der Waals surface area contributed by atoms with Gasteiger partial charge in [0.15, 0.2) is 0 Å². The molecule has 0 unspecified atom stereocenters. The average molecular weight is 140 g/mol. The molecule has 4 heteroatoms. The number of H-pyrrole nitrogens is 1. The van der Waals surface area contributed by atoms with E-state index in [1.54, 1.807) is 0 Å². The smallest absolute Gasteiger partial charge is 0.106 e. The molecule has 4 N–H and O–H groups in total. The minimum absolute atomic E-state index is 0.639. The van der Waals surface area contributed by atoms with Gasteiger partial charge < -0.3 is 9.88 Å². The second-order valence-corrected chi connectivity index (χ2v) is 2.12. The van der Waals surface area contributed by atoms with Gasteiger partial charge in [0, 0.05) is 13.2 Å². The van der Waals surface area contributed by atoms with Crippen molar-refractivity contribution in [2.75, 3.05) is 18.6 Å². The lowest BCUT2D eigenvalue weighted by Crippen LogP contribution is -2.35.